The zero-order valence-electron chi connectivity index (χ0n) is 33.8. The van der Waals surface area contributed by atoms with Crippen LogP contribution in [0.2, 0.25) is 0 Å². The molecule has 0 atom stereocenters. The lowest BCUT2D eigenvalue weighted by atomic mass is 9.99. The molecule has 7 heteroatoms. The molecule has 0 aliphatic rings. The maximum absolute atomic E-state index is 5.27. The van der Waals surface area contributed by atoms with Crippen LogP contribution in [0.1, 0.15) is 5.56 Å². The summed E-state index contributed by atoms with van der Waals surface area (Å²) in [4.78, 5) is 30.8. The van der Waals surface area contributed by atoms with Crippen molar-refractivity contribution in [1.29, 1.82) is 0 Å². The van der Waals surface area contributed by atoms with Crippen LogP contribution in [0.3, 0.4) is 0 Å². The molecule has 0 aliphatic carbocycles. The first-order chi connectivity index (χ1) is 30.6. The third kappa shape index (κ3) is 6.77. The monoisotopic (exact) mass is 795 g/mol. The van der Waals surface area contributed by atoms with Crippen LogP contribution in [0.4, 0.5) is 0 Å². The van der Waals surface area contributed by atoms with E-state index < -0.39 is 0 Å². The third-order valence-electron chi connectivity index (χ3n) is 11.3. The fourth-order valence-electron chi connectivity index (χ4n) is 8.21. The van der Waals surface area contributed by atoms with Gasteiger partial charge in [0.1, 0.15) is 0 Å². The lowest BCUT2D eigenvalue weighted by molar-refractivity contribution is 1.06. The standard InChI is InChI=1S/C55H37N7/c1-36-18-14-15-27-43(36)41-30-32-48-45(34-41)44-28-16-17-29-47(44)62(48)49-33-31-42(54-58-50(37-19-6-2-7-20-37)56-51(59-54)38-21-8-3-9-22-38)35-46(49)55-60-52(39-23-10-4-11-24-39)57-53(61-55)40-25-12-5-13-26-40/h2-35H,1H3. The van der Waals surface area contributed by atoms with E-state index in [2.05, 4.69) is 96.4 Å². The predicted molar refractivity (Wildman–Crippen MR) is 250 cm³/mol. The molecule has 11 aromatic rings. The predicted octanol–water partition coefficient (Wildman–Crippen LogP) is 13.1. The maximum Gasteiger partial charge on any atom is 0.166 e. The Labute approximate surface area is 358 Å². The van der Waals surface area contributed by atoms with Crippen LogP contribution in [0.25, 0.3) is 107 Å². The molecular weight excluding hydrogens is 759 g/mol. The summed E-state index contributed by atoms with van der Waals surface area (Å²) in [6.07, 6.45) is 0. The molecule has 0 fully saturated rings. The van der Waals surface area contributed by atoms with Gasteiger partial charge in [0.15, 0.2) is 34.9 Å². The van der Waals surface area contributed by atoms with Crippen LogP contribution in [0.5, 0.6) is 0 Å². The number of hydrogen-bond donors (Lipinski definition) is 0. The van der Waals surface area contributed by atoms with E-state index in [-0.39, 0.29) is 0 Å². The molecule has 0 aliphatic heterocycles. The molecule has 292 valence electrons. The second-order valence-electron chi connectivity index (χ2n) is 15.2. The molecule has 0 amide bonds. The van der Waals surface area contributed by atoms with E-state index in [1.165, 1.54) is 16.7 Å². The van der Waals surface area contributed by atoms with Gasteiger partial charge in [0, 0.05) is 44.2 Å². The molecule has 3 aromatic heterocycles. The summed E-state index contributed by atoms with van der Waals surface area (Å²) in [5.41, 5.74) is 11.8. The van der Waals surface area contributed by atoms with Gasteiger partial charge in [0.2, 0.25) is 0 Å². The summed E-state index contributed by atoms with van der Waals surface area (Å²) in [6.45, 7) is 2.16. The normalized spacial score (nSPS) is 11.3. The largest absolute Gasteiger partial charge is 0.309 e. The highest BCUT2D eigenvalue weighted by atomic mass is 15.1. The Kier molecular flexibility index (Phi) is 9.24. The van der Waals surface area contributed by atoms with Crippen LogP contribution in [-0.4, -0.2) is 34.5 Å². The average molecular weight is 796 g/mol. The van der Waals surface area contributed by atoms with E-state index in [1.807, 2.05) is 121 Å². The number of rotatable bonds is 8. The first kappa shape index (κ1) is 36.6. The van der Waals surface area contributed by atoms with Gasteiger partial charge in [-0.25, -0.2) is 29.9 Å². The van der Waals surface area contributed by atoms with Gasteiger partial charge in [-0.1, -0.05) is 170 Å². The Hall–Kier alpha value is -8.42. The van der Waals surface area contributed by atoms with Gasteiger partial charge in [0.05, 0.1) is 16.7 Å². The summed E-state index contributed by atoms with van der Waals surface area (Å²) in [5, 5.41) is 2.30. The number of para-hydroxylation sites is 1. The quantitative estimate of drug-likeness (QED) is 0.152. The van der Waals surface area contributed by atoms with Gasteiger partial charge in [-0.2, -0.15) is 0 Å². The summed E-state index contributed by atoms with van der Waals surface area (Å²) < 4.78 is 2.33. The van der Waals surface area contributed by atoms with E-state index in [4.69, 9.17) is 29.9 Å². The molecule has 3 heterocycles. The SMILES string of the molecule is Cc1ccccc1-c1ccc2c(c1)c1ccccc1n2-c1ccc(-c2nc(-c3ccccc3)nc(-c3ccccc3)n2)cc1-c1nc(-c2ccccc2)nc(-c2ccccc2)n1. The Morgan fingerprint density at radius 3 is 1.24 bits per heavy atom. The molecule has 0 N–H and O–H groups in total. The Bertz CT molecular complexity index is 3290. The van der Waals surface area contributed by atoms with Gasteiger partial charge in [-0.05, 0) is 60.0 Å². The van der Waals surface area contributed by atoms with Crippen molar-refractivity contribution in [2.75, 3.05) is 0 Å². The highest BCUT2D eigenvalue weighted by Crippen LogP contribution is 2.40. The Morgan fingerprint density at radius 1 is 0.290 bits per heavy atom. The molecule has 8 aromatic carbocycles. The molecule has 0 radical (unpaired) electrons. The molecule has 7 nitrogen and oxygen atoms in total. The van der Waals surface area contributed by atoms with E-state index in [0.29, 0.717) is 34.9 Å². The molecule has 0 unspecified atom stereocenters. The lowest BCUT2D eigenvalue weighted by Gasteiger charge is -2.16. The van der Waals surface area contributed by atoms with Crippen molar-refractivity contribution in [3.63, 3.8) is 0 Å². The molecule has 0 saturated heterocycles. The second-order valence-corrected chi connectivity index (χ2v) is 15.2. The van der Waals surface area contributed by atoms with E-state index in [0.717, 1.165) is 60.9 Å². The number of benzene rings is 8. The topological polar surface area (TPSA) is 82.3 Å². The van der Waals surface area contributed by atoms with E-state index >= 15 is 0 Å². The maximum atomic E-state index is 5.27. The van der Waals surface area contributed by atoms with Crippen molar-refractivity contribution in [3.05, 3.63) is 212 Å². The highest BCUT2D eigenvalue weighted by molar-refractivity contribution is 6.11. The first-order valence-electron chi connectivity index (χ1n) is 20.6. The van der Waals surface area contributed by atoms with Crippen molar-refractivity contribution >= 4 is 21.8 Å². The third-order valence-corrected chi connectivity index (χ3v) is 11.3. The summed E-state index contributed by atoms with van der Waals surface area (Å²) >= 11 is 0. The zero-order chi connectivity index (χ0) is 41.4. The van der Waals surface area contributed by atoms with Gasteiger partial charge in [-0.15, -0.1) is 0 Å². The molecule has 11 rings (SSSR count). The lowest BCUT2D eigenvalue weighted by Crippen LogP contribution is -2.05. The van der Waals surface area contributed by atoms with Crippen molar-refractivity contribution in [3.8, 4) is 85.1 Å². The Balaban J connectivity index is 1.20. The van der Waals surface area contributed by atoms with Gasteiger partial charge in [-0.3, -0.25) is 0 Å². The van der Waals surface area contributed by atoms with Gasteiger partial charge in [0.25, 0.3) is 0 Å². The minimum Gasteiger partial charge on any atom is -0.309 e. The van der Waals surface area contributed by atoms with Crippen LogP contribution < -0.4 is 0 Å². The fourth-order valence-corrected chi connectivity index (χ4v) is 8.21. The van der Waals surface area contributed by atoms with Crippen molar-refractivity contribution < 1.29 is 0 Å². The van der Waals surface area contributed by atoms with Crippen LogP contribution in [-0.2, 0) is 0 Å². The molecule has 0 bridgehead atoms. The minimum absolute atomic E-state index is 0.526. The van der Waals surface area contributed by atoms with E-state index in [9.17, 15) is 0 Å². The summed E-state index contributed by atoms with van der Waals surface area (Å²) in [5.74, 6) is 3.39. The molecule has 0 spiro atoms. The average Bonchev–Trinajstić information content (AvgIpc) is 3.68. The smallest absolute Gasteiger partial charge is 0.166 e. The van der Waals surface area contributed by atoms with E-state index in [1.54, 1.807) is 0 Å². The molecule has 0 saturated carbocycles. The van der Waals surface area contributed by atoms with Crippen molar-refractivity contribution in [1.82, 2.24) is 34.5 Å². The first-order valence-corrected chi connectivity index (χ1v) is 20.6. The van der Waals surface area contributed by atoms with Crippen LogP contribution in [0, 0.1) is 6.92 Å². The van der Waals surface area contributed by atoms with Crippen LogP contribution >= 0.6 is 0 Å². The highest BCUT2D eigenvalue weighted by Gasteiger charge is 2.22. The number of hydrogen-bond acceptors (Lipinski definition) is 6. The zero-order valence-corrected chi connectivity index (χ0v) is 33.8. The number of nitrogens with zero attached hydrogens (tertiary/aromatic N) is 7. The second kappa shape index (κ2) is 15.6. The summed E-state index contributed by atoms with van der Waals surface area (Å²) in [6, 6.07) is 70.5. The Morgan fingerprint density at radius 2 is 0.710 bits per heavy atom. The molecule has 62 heavy (non-hydrogen) atoms. The van der Waals surface area contributed by atoms with Gasteiger partial charge < -0.3 is 4.57 Å². The van der Waals surface area contributed by atoms with Crippen molar-refractivity contribution in [2.45, 2.75) is 6.92 Å². The fraction of sp³-hybridized carbons (Fsp3) is 0.0182. The summed E-state index contributed by atoms with van der Waals surface area (Å²) in [7, 11) is 0. The number of aryl methyl sites for hydroxylation is 1. The number of fused-ring (bicyclic) bond motifs is 3. The van der Waals surface area contributed by atoms with Crippen LogP contribution in [0.15, 0.2) is 206 Å². The van der Waals surface area contributed by atoms with Crippen molar-refractivity contribution in [2.24, 2.45) is 0 Å². The van der Waals surface area contributed by atoms with Gasteiger partial charge >= 0.3 is 0 Å². The molecular formula is C55H37N7. The minimum atomic E-state index is 0.526. The number of aromatic nitrogens is 7.